The Hall–Kier alpha value is -5.58. The van der Waals surface area contributed by atoms with Crippen LogP contribution in [0.25, 0.3) is 38.9 Å². The quantitative estimate of drug-likeness (QED) is 0.117. The van der Waals surface area contributed by atoms with Gasteiger partial charge in [0, 0.05) is 30.9 Å². The van der Waals surface area contributed by atoms with E-state index in [1.54, 1.807) is 0 Å². The Morgan fingerprint density at radius 1 is 0.761 bits per heavy atom. The van der Waals surface area contributed by atoms with Crippen LogP contribution in [0.15, 0.2) is 65.8 Å². The van der Waals surface area contributed by atoms with Gasteiger partial charge in [-0.15, -0.1) is 0 Å². The number of fused-ring (bicyclic) bond motifs is 6. The number of carbonyl (C=O) groups excluding carboxylic acids is 4. The van der Waals surface area contributed by atoms with E-state index >= 15 is 0 Å². The maximum atomic E-state index is 14.2. The molecule has 1 N–H and O–H groups in total. The van der Waals surface area contributed by atoms with E-state index in [1.165, 1.54) is 72.4 Å². The Morgan fingerprint density at radius 2 is 1.40 bits per heavy atom. The first-order valence-corrected chi connectivity index (χ1v) is 25.1. The van der Waals surface area contributed by atoms with Gasteiger partial charge < -0.3 is 24.3 Å². The highest BCUT2D eigenvalue weighted by Crippen LogP contribution is 2.58. The van der Waals surface area contributed by atoms with Crippen LogP contribution in [-0.4, -0.2) is 82.1 Å². The van der Waals surface area contributed by atoms with Gasteiger partial charge in [0.2, 0.25) is 11.8 Å². The zero-order chi connectivity index (χ0) is 47.3. The molecule has 1 saturated carbocycles. The van der Waals surface area contributed by atoms with Crippen molar-refractivity contribution in [1.29, 1.82) is 0 Å². The molecule has 2 saturated heterocycles. The van der Waals surface area contributed by atoms with Crippen molar-refractivity contribution >= 4 is 46.1 Å². The summed E-state index contributed by atoms with van der Waals surface area (Å²) in [6, 6.07) is 20.0. The van der Waals surface area contributed by atoms with Gasteiger partial charge in [-0.3, -0.25) is 24.2 Å². The topological polar surface area (TPSA) is 134 Å². The summed E-state index contributed by atoms with van der Waals surface area (Å²) in [5, 5.41) is 0. The summed E-state index contributed by atoms with van der Waals surface area (Å²) in [5.41, 5.74) is 13.2. The molecule has 3 unspecified atom stereocenters. The molecule has 0 spiro atoms. The number of aromatic nitrogens is 2. The number of hydrogen-bond acceptors (Lipinski definition) is 8. The van der Waals surface area contributed by atoms with Crippen LogP contribution < -0.4 is 0 Å². The lowest BCUT2D eigenvalue weighted by atomic mass is 9.81. The normalized spacial score (nSPS) is 24.5. The minimum Gasteiger partial charge on any atom is -0.469 e. The summed E-state index contributed by atoms with van der Waals surface area (Å²) in [6.07, 6.45) is 10.9. The average molecular weight is 908 g/mol. The van der Waals surface area contributed by atoms with Crippen LogP contribution in [-0.2, 0) is 28.7 Å². The number of allylic oxidation sites excluding steroid dienone is 1. The van der Waals surface area contributed by atoms with Crippen molar-refractivity contribution in [2.45, 2.75) is 142 Å². The Kier molecular flexibility index (Phi) is 13.3. The highest BCUT2D eigenvalue weighted by Gasteiger charge is 2.44. The molecule has 9 atom stereocenters. The number of methoxy groups -OCH3 is 2. The number of likely N-dealkylation sites (tertiary alicyclic amines) is 2. The lowest BCUT2D eigenvalue weighted by molar-refractivity contribution is -0.149. The van der Waals surface area contributed by atoms with Gasteiger partial charge in [-0.25, -0.2) is 4.98 Å². The van der Waals surface area contributed by atoms with Crippen LogP contribution in [0.3, 0.4) is 0 Å². The standard InChI is InChI=1S/C56H69N5O6/c1-9-32(5)44(28-51(63)67-8)55(64)60-30-34(10-2)23-49(60)47-26-40(29-57-47)35-12-14-36(15-13-35)41-19-20-42(53-39-17-16-38(24-39)52(41)53)37-18-21-45-46(25-37)59-54(58-45)48-22-11-33(6)61(48)56(65)43(31(3)4)27-50(62)66-7/h12-15,18-21,25,29,31-34,38-39,43-44,48-49H,9-11,16-17,22-24,26-28,30H2,1-8H3,(H,58,59)/t32?,33-,34-,38?,39?,43-,44-,48-,49-/m0/s1. The molecule has 9 rings (SSSR count). The lowest BCUT2D eigenvalue weighted by Gasteiger charge is -2.32. The van der Waals surface area contributed by atoms with Crippen LogP contribution in [0.2, 0.25) is 0 Å². The van der Waals surface area contributed by atoms with E-state index in [4.69, 9.17) is 19.5 Å². The number of nitrogens with zero attached hydrogens (tertiary/aromatic N) is 4. The summed E-state index contributed by atoms with van der Waals surface area (Å²) in [7, 11) is 2.77. The molecule has 354 valence electrons. The van der Waals surface area contributed by atoms with E-state index in [9.17, 15) is 19.2 Å². The number of nitrogens with one attached hydrogen (secondary N) is 1. The van der Waals surface area contributed by atoms with Crippen molar-refractivity contribution in [3.8, 4) is 22.3 Å². The number of imidazole rings is 1. The average Bonchev–Trinajstić information content (AvgIpc) is 4.22. The number of aromatic amines is 1. The van der Waals surface area contributed by atoms with Crippen molar-refractivity contribution in [2.75, 3.05) is 20.8 Å². The molecule has 2 aliphatic carbocycles. The first-order chi connectivity index (χ1) is 32.3. The van der Waals surface area contributed by atoms with Gasteiger partial charge in [0.25, 0.3) is 0 Å². The number of hydrogen-bond donors (Lipinski definition) is 1. The molecule has 5 aliphatic rings. The minimum atomic E-state index is -0.450. The monoisotopic (exact) mass is 908 g/mol. The molecule has 67 heavy (non-hydrogen) atoms. The lowest BCUT2D eigenvalue weighted by Crippen LogP contribution is -2.45. The highest BCUT2D eigenvalue weighted by molar-refractivity contribution is 6.03. The van der Waals surface area contributed by atoms with Gasteiger partial charge in [-0.1, -0.05) is 89.9 Å². The van der Waals surface area contributed by atoms with Gasteiger partial charge in [-0.2, -0.15) is 0 Å². The molecule has 11 nitrogen and oxygen atoms in total. The zero-order valence-electron chi connectivity index (χ0n) is 40.8. The van der Waals surface area contributed by atoms with Gasteiger partial charge >= 0.3 is 11.9 Å². The van der Waals surface area contributed by atoms with E-state index in [0.717, 1.165) is 60.2 Å². The fourth-order valence-electron chi connectivity index (χ4n) is 12.3. The number of ether oxygens (including phenoxy) is 2. The van der Waals surface area contributed by atoms with E-state index < -0.39 is 11.8 Å². The van der Waals surface area contributed by atoms with E-state index in [0.29, 0.717) is 30.7 Å². The first kappa shape index (κ1) is 46.5. The van der Waals surface area contributed by atoms with Gasteiger partial charge in [-0.05, 0) is 132 Å². The molecule has 3 fully saturated rings. The number of benzene rings is 3. The van der Waals surface area contributed by atoms with Crippen LogP contribution in [0, 0.1) is 29.6 Å². The molecule has 2 bridgehead atoms. The van der Waals surface area contributed by atoms with Crippen LogP contribution >= 0.6 is 0 Å². The van der Waals surface area contributed by atoms with E-state index in [1.807, 2.05) is 29.8 Å². The third-order valence-corrected chi connectivity index (χ3v) is 16.5. The molecule has 2 amide bonds. The van der Waals surface area contributed by atoms with Gasteiger partial charge in [0.05, 0.1) is 62.0 Å². The highest BCUT2D eigenvalue weighted by atomic mass is 16.5. The first-order valence-electron chi connectivity index (χ1n) is 25.1. The smallest absolute Gasteiger partial charge is 0.306 e. The largest absolute Gasteiger partial charge is 0.469 e. The second kappa shape index (κ2) is 19.2. The third kappa shape index (κ3) is 8.76. The second-order valence-electron chi connectivity index (χ2n) is 20.7. The molecule has 1 aromatic heterocycles. The minimum absolute atomic E-state index is 0.00169. The molecule has 3 aliphatic heterocycles. The predicted molar refractivity (Wildman–Crippen MR) is 263 cm³/mol. The maximum Gasteiger partial charge on any atom is 0.306 e. The van der Waals surface area contributed by atoms with Gasteiger partial charge in [0.1, 0.15) is 5.82 Å². The fraction of sp³-hybridized carbons (Fsp3) is 0.536. The Labute approximate surface area is 396 Å². The Bertz CT molecular complexity index is 2610. The van der Waals surface area contributed by atoms with Crippen LogP contribution in [0.4, 0.5) is 0 Å². The summed E-state index contributed by atoms with van der Waals surface area (Å²) in [6.45, 7) is 13.1. The molecule has 3 aromatic carbocycles. The van der Waals surface area contributed by atoms with Crippen LogP contribution in [0.1, 0.15) is 153 Å². The molecule has 4 aromatic rings. The fourth-order valence-corrected chi connectivity index (χ4v) is 12.3. The van der Waals surface area contributed by atoms with Gasteiger partial charge in [0.15, 0.2) is 0 Å². The number of carbonyl (C=O) groups is 4. The van der Waals surface area contributed by atoms with Crippen molar-refractivity contribution in [3.05, 3.63) is 83.3 Å². The van der Waals surface area contributed by atoms with Crippen molar-refractivity contribution < 1.29 is 28.7 Å². The van der Waals surface area contributed by atoms with E-state index in [-0.39, 0.29) is 66.6 Å². The van der Waals surface area contributed by atoms with Crippen molar-refractivity contribution in [2.24, 2.45) is 34.6 Å². The Morgan fingerprint density at radius 3 is 2.04 bits per heavy atom. The molecular formula is C56H69N5O6. The number of H-pyrrole nitrogens is 1. The summed E-state index contributed by atoms with van der Waals surface area (Å²) in [5.74, 6) is 0.846. The zero-order valence-corrected chi connectivity index (χ0v) is 40.8. The van der Waals surface area contributed by atoms with Crippen molar-refractivity contribution in [1.82, 2.24) is 19.8 Å². The van der Waals surface area contributed by atoms with Crippen LogP contribution in [0.5, 0.6) is 0 Å². The molecule has 11 heteroatoms. The summed E-state index contributed by atoms with van der Waals surface area (Å²) in [4.78, 5) is 70.7. The molecular weight excluding hydrogens is 839 g/mol. The Balaban J connectivity index is 0.934. The summed E-state index contributed by atoms with van der Waals surface area (Å²) < 4.78 is 9.97. The maximum absolute atomic E-state index is 14.2. The number of aliphatic imine (C=N–C) groups is 1. The SMILES string of the molecule is CCC(C)[C@H](CC(=O)OC)C(=O)N1C[C@@H](CC)C[C@H]1C1=NC=C(c2ccc(-c3ccc(-c4ccc5nc([C@@H]6CC[C@H](C)N6C(=O)[C@@H](CC(=O)OC)C(C)C)[nH]c5c4)c4c3C3CCC4C3)cc2)C1. The number of esters is 2. The molecule has 4 heterocycles. The van der Waals surface area contributed by atoms with E-state index in [2.05, 4.69) is 87.3 Å². The molecule has 0 radical (unpaired) electrons. The summed E-state index contributed by atoms with van der Waals surface area (Å²) >= 11 is 0. The van der Waals surface area contributed by atoms with Crippen molar-refractivity contribution in [3.63, 3.8) is 0 Å². The predicted octanol–water partition coefficient (Wildman–Crippen LogP) is 11.2. The number of amides is 2. The second-order valence-corrected chi connectivity index (χ2v) is 20.7. The number of rotatable bonds is 15. The third-order valence-electron chi connectivity index (χ3n) is 16.5.